The molecule has 0 saturated heterocycles. The summed E-state index contributed by atoms with van der Waals surface area (Å²) in [6.45, 7) is 0. The molecule has 0 spiro atoms. The van der Waals surface area contributed by atoms with Crippen molar-refractivity contribution < 1.29 is 4.92 Å². The van der Waals surface area contributed by atoms with Gasteiger partial charge < -0.3 is 0 Å². The lowest BCUT2D eigenvalue weighted by atomic mass is 9.84. The Morgan fingerprint density at radius 2 is 2.24 bits per heavy atom. The van der Waals surface area contributed by atoms with Gasteiger partial charge in [0, 0.05) is 6.42 Å². The van der Waals surface area contributed by atoms with Gasteiger partial charge in [-0.3, -0.25) is 14.8 Å². The number of rotatable bonds is 3. The normalized spacial score (nSPS) is 24.2. The summed E-state index contributed by atoms with van der Waals surface area (Å²) in [6, 6.07) is 2.45. The summed E-state index contributed by atoms with van der Waals surface area (Å²) in [5.74, 6) is 0.488. The van der Waals surface area contributed by atoms with Gasteiger partial charge in [-0.25, -0.2) is 0 Å². The van der Waals surface area contributed by atoms with Crippen LogP contribution in [0.4, 0.5) is 5.69 Å². The third-order valence-corrected chi connectivity index (χ3v) is 3.37. The van der Waals surface area contributed by atoms with E-state index in [1.807, 2.05) is 0 Å². The van der Waals surface area contributed by atoms with E-state index in [1.165, 1.54) is 12.4 Å². The van der Waals surface area contributed by atoms with Crippen LogP contribution < -0.4 is 0 Å². The lowest BCUT2D eigenvalue weighted by Gasteiger charge is -2.26. The SMILES string of the molecule is N#CC[C@H]1CC[C@H](n2cc([N+](=O)[O-])cn2)CC1. The molecule has 6 nitrogen and oxygen atoms in total. The summed E-state index contributed by atoms with van der Waals surface area (Å²) in [5, 5.41) is 23.2. The standard InChI is InChI=1S/C11H14N4O2/c12-6-5-9-1-3-10(4-2-9)14-8-11(7-13-14)15(16)17/h7-10H,1-5H2/t9-,10-. The molecule has 0 atom stereocenters. The molecule has 6 heteroatoms. The fourth-order valence-corrected chi connectivity index (χ4v) is 2.36. The van der Waals surface area contributed by atoms with E-state index in [0.29, 0.717) is 12.3 Å². The second-order valence-corrected chi connectivity index (χ2v) is 4.47. The minimum atomic E-state index is -0.426. The van der Waals surface area contributed by atoms with Crippen LogP contribution in [0.25, 0.3) is 0 Å². The molecule has 1 aliphatic carbocycles. The molecule has 0 bridgehead atoms. The van der Waals surface area contributed by atoms with Crippen LogP contribution in [-0.4, -0.2) is 14.7 Å². The van der Waals surface area contributed by atoms with Crippen LogP contribution in [0, 0.1) is 27.4 Å². The first-order valence-electron chi connectivity index (χ1n) is 5.76. The first-order chi connectivity index (χ1) is 8.20. The van der Waals surface area contributed by atoms with Crippen LogP contribution in [0.15, 0.2) is 12.4 Å². The van der Waals surface area contributed by atoms with E-state index in [1.54, 1.807) is 4.68 Å². The number of hydrogen-bond acceptors (Lipinski definition) is 4. The Morgan fingerprint density at radius 3 is 2.76 bits per heavy atom. The quantitative estimate of drug-likeness (QED) is 0.593. The topological polar surface area (TPSA) is 84.8 Å². The van der Waals surface area contributed by atoms with E-state index < -0.39 is 4.92 Å². The van der Waals surface area contributed by atoms with Crippen LogP contribution in [0.5, 0.6) is 0 Å². The van der Waals surface area contributed by atoms with Crippen LogP contribution >= 0.6 is 0 Å². The number of nitriles is 1. The van der Waals surface area contributed by atoms with Gasteiger partial charge >= 0.3 is 5.69 Å². The van der Waals surface area contributed by atoms with Crippen molar-refractivity contribution in [2.24, 2.45) is 5.92 Å². The number of hydrogen-bond donors (Lipinski definition) is 0. The summed E-state index contributed by atoms with van der Waals surface area (Å²) in [5.41, 5.74) is 0.0455. The van der Waals surface area contributed by atoms with E-state index >= 15 is 0 Å². The molecule has 0 aliphatic heterocycles. The first kappa shape index (κ1) is 11.6. The van der Waals surface area contributed by atoms with E-state index in [-0.39, 0.29) is 11.7 Å². The molecule has 1 heterocycles. The third kappa shape index (κ3) is 2.61. The second-order valence-electron chi connectivity index (χ2n) is 4.47. The molecule has 1 aromatic rings. The minimum Gasteiger partial charge on any atom is -0.263 e. The van der Waals surface area contributed by atoms with Gasteiger partial charge in [-0.2, -0.15) is 10.4 Å². The highest BCUT2D eigenvalue weighted by molar-refractivity contribution is 5.21. The molecule has 2 rings (SSSR count). The van der Waals surface area contributed by atoms with Gasteiger partial charge in [0.2, 0.25) is 0 Å². The molecule has 0 N–H and O–H groups in total. The van der Waals surface area contributed by atoms with E-state index in [9.17, 15) is 10.1 Å². The van der Waals surface area contributed by atoms with E-state index in [0.717, 1.165) is 25.7 Å². The van der Waals surface area contributed by atoms with Gasteiger partial charge in [0.05, 0.1) is 17.0 Å². The fraction of sp³-hybridized carbons (Fsp3) is 0.636. The molecule has 17 heavy (non-hydrogen) atoms. The Morgan fingerprint density at radius 1 is 1.53 bits per heavy atom. The average molecular weight is 234 g/mol. The zero-order chi connectivity index (χ0) is 12.3. The minimum absolute atomic E-state index is 0.0455. The van der Waals surface area contributed by atoms with Crippen molar-refractivity contribution in [1.82, 2.24) is 9.78 Å². The highest BCUT2D eigenvalue weighted by atomic mass is 16.6. The van der Waals surface area contributed by atoms with Crippen molar-refractivity contribution in [3.05, 3.63) is 22.5 Å². The second kappa shape index (κ2) is 4.95. The lowest BCUT2D eigenvalue weighted by Crippen LogP contribution is -2.18. The Bertz CT molecular complexity index is 441. The molecule has 0 aromatic carbocycles. The largest absolute Gasteiger partial charge is 0.307 e. The summed E-state index contributed by atoms with van der Waals surface area (Å²) in [6.07, 6.45) is 7.32. The van der Waals surface area contributed by atoms with Crippen molar-refractivity contribution in [1.29, 1.82) is 5.26 Å². The van der Waals surface area contributed by atoms with Gasteiger partial charge in [0.15, 0.2) is 0 Å². The van der Waals surface area contributed by atoms with Crippen molar-refractivity contribution in [3.63, 3.8) is 0 Å². The van der Waals surface area contributed by atoms with Gasteiger partial charge in [0.25, 0.3) is 0 Å². The maximum atomic E-state index is 10.6. The molecule has 0 amide bonds. The zero-order valence-electron chi connectivity index (χ0n) is 9.45. The summed E-state index contributed by atoms with van der Waals surface area (Å²) in [7, 11) is 0. The smallest absolute Gasteiger partial charge is 0.263 e. The molecular formula is C11H14N4O2. The Hall–Kier alpha value is -1.90. The Labute approximate surface area is 99.0 Å². The van der Waals surface area contributed by atoms with Crippen molar-refractivity contribution >= 4 is 5.69 Å². The highest BCUT2D eigenvalue weighted by Gasteiger charge is 2.23. The Kier molecular flexibility index (Phi) is 3.38. The molecule has 1 fully saturated rings. The number of nitrogens with zero attached hydrogens (tertiary/aromatic N) is 4. The third-order valence-electron chi connectivity index (χ3n) is 3.37. The first-order valence-corrected chi connectivity index (χ1v) is 5.76. The van der Waals surface area contributed by atoms with Crippen molar-refractivity contribution in [2.45, 2.75) is 38.1 Å². The van der Waals surface area contributed by atoms with Crippen molar-refractivity contribution in [2.75, 3.05) is 0 Å². The van der Waals surface area contributed by atoms with Gasteiger partial charge in [-0.05, 0) is 31.6 Å². The average Bonchev–Trinajstić information content (AvgIpc) is 2.80. The van der Waals surface area contributed by atoms with Crippen LogP contribution in [0.1, 0.15) is 38.1 Å². The highest BCUT2D eigenvalue weighted by Crippen LogP contribution is 2.33. The molecular weight excluding hydrogens is 220 g/mol. The van der Waals surface area contributed by atoms with E-state index in [2.05, 4.69) is 11.2 Å². The fourth-order valence-electron chi connectivity index (χ4n) is 2.36. The molecule has 1 aliphatic rings. The molecule has 1 aromatic heterocycles. The Balaban J connectivity index is 1.96. The van der Waals surface area contributed by atoms with Gasteiger partial charge in [0.1, 0.15) is 12.4 Å². The number of aromatic nitrogens is 2. The zero-order valence-corrected chi connectivity index (χ0v) is 9.45. The molecule has 0 unspecified atom stereocenters. The van der Waals surface area contributed by atoms with Crippen LogP contribution in [0.2, 0.25) is 0 Å². The van der Waals surface area contributed by atoms with Crippen LogP contribution in [0.3, 0.4) is 0 Å². The number of nitro groups is 1. The van der Waals surface area contributed by atoms with Crippen LogP contribution in [-0.2, 0) is 0 Å². The maximum Gasteiger partial charge on any atom is 0.307 e. The molecule has 0 radical (unpaired) electrons. The summed E-state index contributed by atoms with van der Waals surface area (Å²) < 4.78 is 1.70. The van der Waals surface area contributed by atoms with Gasteiger partial charge in [-0.1, -0.05) is 0 Å². The summed E-state index contributed by atoms with van der Waals surface area (Å²) in [4.78, 5) is 10.1. The monoisotopic (exact) mass is 234 g/mol. The van der Waals surface area contributed by atoms with E-state index in [4.69, 9.17) is 5.26 Å². The lowest BCUT2D eigenvalue weighted by molar-refractivity contribution is -0.385. The predicted octanol–water partition coefficient (Wildman–Crippen LogP) is 2.44. The van der Waals surface area contributed by atoms with Crippen molar-refractivity contribution in [3.8, 4) is 6.07 Å². The maximum absolute atomic E-state index is 10.6. The molecule has 1 saturated carbocycles. The predicted molar refractivity (Wildman–Crippen MR) is 60.1 cm³/mol. The molecule has 90 valence electrons. The van der Waals surface area contributed by atoms with Gasteiger partial charge in [-0.15, -0.1) is 0 Å². The summed E-state index contributed by atoms with van der Waals surface area (Å²) >= 11 is 0.